The normalized spacial score (nSPS) is 11.7. The van der Waals surface area contributed by atoms with Crippen molar-refractivity contribution in [3.05, 3.63) is 95.0 Å². The minimum atomic E-state index is -0.680. The Morgan fingerprint density at radius 1 is 1.19 bits per heavy atom. The smallest absolute Gasteiger partial charge is 0.307 e. The average Bonchev–Trinajstić information content (AvgIpc) is 2.80. The van der Waals surface area contributed by atoms with E-state index in [1.807, 2.05) is 0 Å². The fourth-order valence-corrected chi connectivity index (χ4v) is 3.14. The quantitative estimate of drug-likeness (QED) is 0.378. The summed E-state index contributed by atoms with van der Waals surface area (Å²) in [6.45, 7) is 0. The van der Waals surface area contributed by atoms with Crippen molar-refractivity contribution in [1.82, 2.24) is 10.3 Å². The van der Waals surface area contributed by atoms with Crippen molar-refractivity contribution in [1.29, 1.82) is 0 Å². The van der Waals surface area contributed by atoms with Crippen LogP contribution in [0, 0.1) is 5.82 Å². The first-order valence-corrected chi connectivity index (χ1v) is 10.0. The number of carbonyl (C=O) groups excluding carboxylic acids is 2. The Hall–Kier alpha value is -3.71. The van der Waals surface area contributed by atoms with Crippen molar-refractivity contribution in [3.8, 4) is 11.5 Å². The Morgan fingerprint density at radius 2 is 2.00 bits per heavy atom. The molecule has 1 aromatic heterocycles. The number of hydrogen-bond donors (Lipinski definition) is 1. The minimum Gasteiger partial charge on any atom is -0.469 e. The number of hydrogen-bond acceptors (Lipinski definition) is 5. The van der Waals surface area contributed by atoms with Crippen LogP contribution < -0.4 is 10.1 Å². The van der Waals surface area contributed by atoms with Crippen LogP contribution >= 0.6 is 11.6 Å². The fourth-order valence-electron chi connectivity index (χ4n) is 2.88. The van der Waals surface area contributed by atoms with E-state index in [-0.39, 0.29) is 12.2 Å². The number of nitrogens with zero attached hydrogens (tertiary/aromatic N) is 1. The molecule has 32 heavy (non-hydrogen) atoms. The number of nitrogens with one attached hydrogen (secondary N) is 1. The number of methoxy groups -OCH3 is 1. The first kappa shape index (κ1) is 23.0. The van der Waals surface area contributed by atoms with Crippen molar-refractivity contribution in [2.24, 2.45) is 0 Å². The number of esters is 1. The lowest BCUT2D eigenvalue weighted by atomic mass is 10.0. The van der Waals surface area contributed by atoms with E-state index in [1.54, 1.807) is 48.7 Å². The number of ether oxygens (including phenoxy) is 2. The molecule has 0 spiro atoms. The second-order valence-electron chi connectivity index (χ2n) is 6.68. The predicted molar refractivity (Wildman–Crippen MR) is 119 cm³/mol. The van der Waals surface area contributed by atoms with Crippen LogP contribution in [0.15, 0.2) is 73.1 Å². The van der Waals surface area contributed by atoms with Gasteiger partial charge in [-0.15, -0.1) is 0 Å². The van der Waals surface area contributed by atoms with Crippen LogP contribution in [0.4, 0.5) is 4.39 Å². The SMILES string of the molecule is COC(=O)CC(NC(=O)/C=C\c1ccc(Oc2cccnc2)c(F)c1)c1ccccc1Cl. The molecule has 1 unspecified atom stereocenters. The highest BCUT2D eigenvalue weighted by Crippen LogP contribution is 2.26. The molecule has 6 nitrogen and oxygen atoms in total. The monoisotopic (exact) mass is 454 g/mol. The summed E-state index contributed by atoms with van der Waals surface area (Å²) in [6, 6.07) is 13.9. The zero-order valence-corrected chi connectivity index (χ0v) is 17.9. The van der Waals surface area contributed by atoms with Gasteiger partial charge in [0, 0.05) is 17.3 Å². The molecule has 0 fully saturated rings. The number of halogens is 2. The third-order valence-corrected chi connectivity index (χ3v) is 4.79. The van der Waals surface area contributed by atoms with Gasteiger partial charge in [0.05, 0.1) is 25.8 Å². The topological polar surface area (TPSA) is 77.5 Å². The molecular weight excluding hydrogens is 435 g/mol. The molecule has 0 bridgehead atoms. The van der Waals surface area contributed by atoms with Crippen LogP contribution in [0.5, 0.6) is 11.5 Å². The zero-order chi connectivity index (χ0) is 22.9. The maximum atomic E-state index is 14.4. The van der Waals surface area contributed by atoms with Gasteiger partial charge in [0.1, 0.15) is 5.75 Å². The average molecular weight is 455 g/mol. The molecule has 0 saturated heterocycles. The molecule has 0 radical (unpaired) electrons. The largest absolute Gasteiger partial charge is 0.469 e. The van der Waals surface area contributed by atoms with Gasteiger partial charge in [-0.05, 0) is 47.5 Å². The number of aromatic nitrogens is 1. The lowest BCUT2D eigenvalue weighted by molar-refractivity contribution is -0.141. The van der Waals surface area contributed by atoms with Crippen LogP contribution in [-0.2, 0) is 14.3 Å². The highest BCUT2D eigenvalue weighted by molar-refractivity contribution is 6.31. The molecule has 8 heteroatoms. The maximum absolute atomic E-state index is 14.4. The summed E-state index contributed by atoms with van der Waals surface area (Å²) in [5, 5.41) is 3.15. The Bertz CT molecular complexity index is 1120. The predicted octanol–water partition coefficient (Wildman–Crippen LogP) is 5.10. The third kappa shape index (κ3) is 6.39. The van der Waals surface area contributed by atoms with Gasteiger partial charge in [-0.2, -0.15) is 0 Å². The fraction of sp³-hybridized carbons (Fsp3) is 0.125. The number of amides is 1. The van der Waals surface area contributed by atoms with E-state index in [0.717, 1.165) is 0 Å². The summed E-state index contributed by atoms with van der Waals surface area (Å²) in [6.07, 6.45) is 5.67. The lowest BCUT2D eigenvalue weighted by Crippen LogP contribution is -2.29. The van der Waals surface area contributed by atoms with Crippen LogP contribution in [0.25, 0.3) is 6.08 Å². The van der Waals surface area contributed by atoms with Crippen molar-refractivity contribution in [2.75, 3.05) is 7.11 Å². The van der Waals surface area contributed by atoms with E-state index in [4.69, 9.17) is 21.1 Å². The highest BCUT2D eigenvalue weighted by atomic mass is 35.5. The summed E-state index contributed by atoms with van der Waals surface area (Å²) >= 11 is 6.21. The molecule has 1 heterocycles. The van der Waals surface area contributed by atoms with Gasteiger partial charge in [-0.1, -0.05) is 35.9 Å². The molecule has 1 atom stereocenters. The Labute approximate surface area is 189 Å². The molecule has 0 aliphatic rings. The molecule has 1 N–H and O–H groups in total. The van der Waals surface area contributed by atoms with Gasteiger partial charge in [-0.3, -0.25) is 14.6 Å². The molecular formula is C24H20ClFN2O4. The number of benzene rings is 2. The van der Waals surface area contributed by atoms with E-state index in [0.29, 0.717) is 21.9 Å². The van der Waals surface area contributed by atoms with Crippen LogP contribution in [0.2, 0.25) is 5.02 Å². The second-order valence-corrected chi connectivity index (χ2v) is 7.08. The van der Waals surface area contributed by atoms with Crippen molar-refractivity contribution in [2.45, 2.75) is 12.5 Å². The molecule has 2 aromatic carbocycles. The van der Waals surface area contributed by atoms with Crippen LogP contribution in [0.1, 0.15) is 23.6 Å². The molecule has 0 aliphatic carbocycles. The maximum Gasteiger partial charge on any atom is 0.307 e. The molecule has 0 aliphatic heterocycles. The van der Waals surface area contributed by atoms with Gasteiger partial charge < -0.3 is 14.8 Å². The van der Waals surface area contributed by atoms with E-state index in [2.05, 4.69) is 10.3 Å². The van der Waals surface area contributed by atoms with Crippen LogP contribution in [-0.4, -0.2) is 24.0 Å². The molecule has 3 aromatic rings. The van der Waals surface area contributed by atoms with Crippen molar-refractivity contribution in [3.63, 3.8) is 0 Å². The van der Waals surface area contributed by atoms with Gasteiger partial charge in [0.25, 0.3) is 0 Å². The minimum absolute atomic E-state index is 0.0384. The lowest BCUT2D eigenvalue weighted by Gasteiger charge is -2.18. The summed E-state index contributed by atoms with van der Waals surface area (Å²) in [4.78, 5) is 28.1. The summed E-state index contributed by atoms with van der Waals surface area (Å²) in [5.41, 5.74) is 1.04. The first-order chi connectivity index (χ1) is 15.5. The summed E-state index contributed by atoms with van der Waals surface area (Å²) < 4.78 is 24.5. The van der Waals surface area contributed by atoms with E-state index in [9.17, 15) is 14.0 Å². The third-order valence-electron chi connectivity index (χ3n) is 4.44. The van der Waals surface area contributed by atoms with Crippen LogP contribution in [0.3, 0.4) is 0 Å². The van der Waals surface area contributed by atoms with E-state index < -0.39 is 23.7 Å². The zero-order valence-electron chi connectivity index (χ0n) is 17.1. The molecule has 3 rings (SSSR count). The number of carbonyl (C=O) groups is 2. The first-order valence-electron chi connectivity index (χ1n) is 9.63. The van der Waals surface area contributed by atoms with Gasteiger partial charge in [0.2, 0.25) is 5.91 Å². The van der Waals surface area contributed by atoms with Gasteiger partial charge in [0.15, 0.2) is 11.6 Å². The van der Waals surface area contributed by atoms with E-state index in [1.165, 1.54) is 37.6 Å². The number of pyridine rings is 1. The van der Waals surface area contributed by atoms with Crippen molar-refractivity contribution >= 4 is 29.6 Å². The van der Waals surface area contributed by atoms with Gasteiger partial charge >= 0.3 is 5.97 Å². The Morgan fingerprint density at radius 3 is 2.69 bits per heavy atom. The second kappa shape index (κ2) is 11.1. The Kier molecular flexibility index (Phi) is 7.94. The van der Waals surface area contributed by atoms with E-state index >= 15 is 0 Å². The molecule has 164 valence electrons. The Balaban J connectivity index is 1.69. The number of rotatable bonds is 8. The summed E-state index contributed by atoms with van der Waals surface area (Å²) in [7, 11) is 1.27. The van der Waals surface area contributed by atoms with Crippen molar-refractivity contribution < 1.29 is 23.5 Å². The molecule has 0 saturated carbocycles. The van der Waals surface area contributed by atoms with Gasteiger partial charge in [-0.25, -0.2) is 4.39 Å². The highest BCUT2D eigenvalue weighted by Gasteiger charge is 2.20. The molecule has 1 amide bonds. The standard InChI is InChI=1S/C24H20ClFN2O4/c1-31-24(30)14-21(18-6-2-3-7-19(18)25)28-23(29)11-9-16-8-10-22(20(26)13-16)32-17-5-4-12-27-15-17/h2-13,15,21H,14H2,1H3,(H,28,29)/b11-9-. The summed E-state index contributed by atoms with van der Waals surface area (Å²) in [5.74, 6) is -1.11.